The molecule has 0 aromatic heterocycles. The van der Waals surface area contributed by atoms with E-state index in [0.717, 1.165) is 8.04 Å². The first-order valence-electron chi connectivity index (χ1n) is 5.29. The van der Waals surface area contributed by atoms with Gasteiger partial charge in [0.15, 0.2) is 0 Å². The lowest BCUT2D eigenvalue weighted by molar-refractivity contribution is 0.0783. The first-order valence-corrected chi connectivity index (χ1v) is 8.08. The van der Waals surface area contributed by atoms with Crippen LogP contribution in [-0.4, -0.2) is 42.9 Å². The van der Waals surface area contributed by atoms with E-state index in [-0.39, 0.29) is 10.7 Å². The largest absolute Gasteiger partial charge is 0.383 e. The number of rotatable bonds is 5. The number of hydrogen-bond donors (Lipinski definition) is 0. The van der Waals surface area contributed by atoms with Gasteiger partial charge in [-0.05, 0) is 40.8 Å². The zero-order valence-corrected chi connectivity index (χ0v) is 15.5. The molecule has 0 saturated carbocycles. The molecule has 0 aliphatic rings. The van der Waals surface area contributed by atoms with Crippen LogP contribution < -0.4 is 0 Å². The van der Waals surface area contributed by atoms with Gasteiger partial charge in [0.05, 0.1) is 17.0 Å². The summed E-state index contributed by atoms with van der Waals surface area (Å²) in [5.41, 5.74) is 0.713. The Labute approximate surface area is 138 Å². The highest BCUT2D eigenvalue weighted by molar-refractivity contribution is 14.1. The molecule has 0 aliphatic carbocycles. The Morgan fingerprint density at radius 2 is 2.22 bits per heavy atom. The first kappa shape index (κ1) is 16.4. The summed E-state index contributed by atoms with van der Waals surface area (Å²) < 4.78 is 6.90. The number of halogens is 3. The van der Waals surface area contributed by atoms with Gasteiger partial charge >= 0.3 is 0 Å². The van der Waals surface area contributed by atoms with E-state index in [2.05, 4.69) is 54.5 Å². The number of alkyl halides is 1. The second kappa shape index (κ2) is 7.81. The summed E-state index contributed by atoms with van der Waals surface area (Å²) in [5, 5.41) is 0. The Bertz CT molecular complexity index is 429. The van der Waals surface area contributed by atoms with E-state index in [9.17, 15) is 4.79 Å². The van der Waals surface area contributed by atoms with Gasteiger partial charge in [-0.25, -0.2) is 0 Å². The summed E-state index contributed by atoms with van der Waals surface area (Å²) in [4.78, 5) is 14.1. The quantitative estimate of drug-likeness (QED) is 0.467. The number of ether oxygens (including phenoxy) is 1. The lowest BCUT2D eigenvalue weighted by Crippen LogP contribution is -2.34. The van der Waals surface area contributed by atoms with Crippen molar-refractivity contribution in [1.29, 1.82) is 0 Å². The van der Waals surface area contributed by atoms with Crippen LogP contribution in [0.3, 0.4) is 0 Å². The maximum Gasteiger partial charge on any atom is 0.254 e. The lowest BCUT2D eigenvalue weighted by Gasteiger charge is -2.21. The van der Waals surface area contributed by atoms with Gasteiger partial charge in [0.25, 0.3) is 5.91 Å². The number of hydrogen-bond acceptors (Lipinski definition) is 2. The van der Waals surface area contributed by atoms with Crippen molar-refractivity contribution in [2.24, 2.45) is 0 Å². The smallest absolute Gasteiger partial charge is 0.254 e. The minimum absolute atomic E-state index is 0.0150. The van der Waals surface area contributed by atoms with E-state index in [0.29, 0.717) is 18.7 Å². The van der Waals surface area contributed by atoms with Gasteiger partial charge in [0, 0.05) is 28.7 Å². The summed E-state index contributed by atoms with van der Waals surface area (Å²) in [5.74, 6) is 0.0150. The molecule has 0 N–H and O–H groups in total. The van der Waals surface area contributed by atoms with E-state index in [1.165, 1.54) is 0 Å². The third-order valence-corrected chi connectivity index (χ3v) is 4.31. The van der Waals surface area contributed by atoms with Crippen LogP contribution in [0.5, 0.6) is 0 Å². The van der Waals surface area contributed by atoms with E-state index >= 15 is 0 Å². The molecule has 0 heterocycles. The number of methoxy groups -OCH3 is 1. The molecule has 0 radical (unpaired) electrons. The van der Waals surface area contributed by atoms with Crippen molar-refractivity contribution >= 4 is 60.4 Å². The Morgan fingerprint density at radius 3 is 2.83 bits per heavy atom. The summed E-state index contributed by atoms with van der Waals surface area (Å²) in [7, 11) is 3.44. The zero-order chi connectivity index (χ0) is 13.7. The monoisotopic (exact) mass is 489 g/mol. The zero-order valence-electron chi connectivity index (χ0n) is 10.1. The maximum absolute atomic E-state index is 12.3. The summed E-state index contributed by atoms with van der Waals surface area (Å²) in [6.45, 7) is 1.18. The fourth-order valence-electron chi connectivity index (χ4n) is 1.48. The fourth-order valence-corrected chi connectivity index (χ4v) is 3.11. The molecular weight excluding hydrogens is 477 g/mol. The summed E-state index contributed by atoms with van der Waals surface area (Å²) in [6, 6.07) is 5.70. The molecule has 6 heteroatoms. The topological polar surface area (TPSA) is 29.5 Å². The highest BCUT2D eigenvalue weighted by Gasteiger charge is 2.17. The molecule has 1 atom stereocenters. The first-order chi connectivity index (χ1) is 8.45. The molecular formula is C12H14Br2INO2. The molecule has 1 aromatic carbocycles. The lowest BCUT2D eigenvalue weighted by atomic mass is 10.2. The van der Waals surface area contributed by atoms with Crippen molar-refractivity contribution in [2.45, 2.75) is 4.83 Å². The third-order valence-electron chi connectivity index (χ3n) is 2.32. The van der Waals surface area contributed by atoms with Crippen LogP contribution >= 0.6 is 54.5 Å². The third kappa shape index (κ3) is 4.79. The molecule has 1 rings (SSSR count). The minimum atomic E-state index is 0.0150. The molecule has 3 nitrogen and oxygen atoms in total. The van der Waals surface area contributed by atoms with Crippen molar-refractivity contribution in [3.05, 3.63) is 31.8 Å². The number of amides is 1. The number of nitrogens with zero attached hydrogens (tertiary/aromatic N) is 1. The normalized spacial score (nSPS) is 12.3. The van der Waals surface area contributed by atoms with Gasteiger partial charge < -0.3 is 9.64 Å². The molecule has 100 valence electrons. The van der Waals surface area contributed by atoms with Crippen LogP contribution in [0.2, 0.25) is 0 Å². The summed E-state index contributed by atoms with van der Waals surface area (Å²) in [6.07, 6.45) is 0. The molecule has 18 heavy (non-hydrogen) atoms. The van der Waals surface area contributed by atoms with Crippen molar-refractivity contribution in [2.75, 3.05) is 27.3 Å². The van der Waals surface area contributed by atoms with E-state index < -0.39 is 0 Å². The fraction of sp³-hybridized carbons (Fsp3) is 0.417. The number of carbonyl (C=O) groups excluding carboxylic acids is 1. The molecule has 1 aromatic rings. The second-order valence-electron chi connectivity index (χ2n) is 3.86. The predicted octanol–water partition coefficient (Wildman–Crippen LogP) is 3.54. The highest BCUT2D eigenvalue weighted by Crippen LogP contribution is 2.20. The van der Waals surface area contributed by atoms with Gasteiger partial charge in [-0.2, -0.15) is 0 Å². The van der Waals surface area contributed by atoms with Crippen molar-refractivity contribution < 1.29 is 9.53 Å². The van der Waals surface area contributed by atoms with Crippen LogP contribution in [0.25, 0.3) is 0 Å². The Balaban J connectivity index is 2.77. The van der Waals surface area contributed by atoms with E-state index in [1.807, 2.05) is 18.2 Å². The van der Waals surface area contributed by atoms with Crippen LogP contribution in [0.4, 0.5) is 0 Å². The highest BCUT2D eigenvalue weighted by atomic mass is 127. The van der Waals surface area contributed by atoms with Crippen LogP contribution in [-0.2, 0) is 4.74 Å². The van der Waals surface area contributed by atoms with Gasteiger partial charge in [0.2, 0.25) is 0 Å². The van der Waals surface area contributed by atoms with Gasteiger partial charge in [-0.1, -0.05) is 31.9 Å². The van der Waals surface area contributed by atoms with Crippen molar-refractivity contribution in [3.63, 3.8) is 0 Å². The maximum atomic E-state index is 12.3. The molecule has 1 amide bonds. The number of carbonyl (C=O) groups is 1. The van der Waals surface area contributed by atoms with Gasteiger partial charge in [-0.3, -0.25) is 4.79 Å². The Hall–Kier alpha value is 0.340. The van der Waals surface area contributed by atoms with Crippen LogP contribution in [0, 0.1) is 3.57 Å². The summed E-state index contributed by atoms with van der Waals surface area (Å²) >= 11 is 9.04. The Kier molecular flexibility index (Phi) is 7.12. The molecule has 0 bridgehead atoms. The van der Waals surface area contributed by atoms with Gasteiger partial charge in [0.1, 0.15) is 0 Å². The number of benzene rings is 1. The predicted molar refractivity (Wildman–Crippen MR) is 88.4 cm³/mol. The second-order valence-corrected chi connectivity index (χ2v) is 7.24. The average molecular weight is 491 g/mol. The van der Waals surface area contributed by atoms with Crippen LogP contribution in [0.15, 0.2) is 22.7 Å². The van der Waals surface area contributed by atoms with E-state index in [4.69, 9.17) is 4.74 Å². The average Bonchev–Trinajstić information content (AvgIpc) is 2.31. The SMILES string of the molecule is COCC(Br)CN(C)C(=O)c1cc(Br)ccc1I. The minimum Gasteiger partial charge on any atom is -0.383 e. The van der Waals surface area contributed by atoms with E-state index in [1.54, 1.807) is 19.1 Å². The van der Waals surface area contributed by atoms with Crippen molar-refractivity contribution in [1.82, 2.24) is 4.90 Å². The molecule has 0 aliphatic heterocycles. The Morgan fingerprint density at radius 1 is 1.56 bits per heavy atom. The van der Waals surface area contributed by atoms with Crippen LogP contribution in [0.1, 0.15) is 10.4 Å². The molecule has 1 unspecified atom stereocenters. The molecule has 0 spiro atoms. The van der Waals surface area contributed by atoms with Gasteiger partial charge in [-0.15, -0.1) is 0 Å². The van der Waals surface area contributed by atoms with Crippen molar-refractivity contribution in [3.8, 4) is 0 Å². The molecule has 0 fully saturated rings. The standard InChI is InChI=1S/C12H14Br2INO2/c1-16(6-9(14)7-18-2)12(17)10-5-8(13)3-4-11(10)15/h3-5,9H,6-7H2,1-2H3. The molecule has 0 saturated heterocycles.